The summed E-state index contributed by atoms with van der Waals surface area (Å²) >= 11 is 0. The lowest BCUT2D eigenvalue weighted by Crippen LogP contribution is -2.25. The number of esters is 1. The van der Waals surface area contributed by atoms with Gasteiger partial charge < -0.3 is 10.1 Å². The van der Waals surface area contributed by atoms with E-state index in [1.54, 1.807) is 38.1 Å². The lowest BCUT2D eigenvalue weighted by atomic mass is 10.2. The average Bonchev–Trinajstić information content (AvgIpc) is 2.58. The molecular formula is C17H26NO7P. The molecule has 0 aliphatic heterocycles. The van der Waals surface area contributed by atoms with Gasteiger partial charge in [-0.3, -0.25) is 23.2 Å². The molecule has 1 N–H and O–H groups in total. The molecular weight excluding hydrogens is 361 g/mol. The molecule has 146 valence electrons. The number of ether oxygens (including phenoxy) is 1. The monoisotopic (exact) mass is 387 g/mol. The van der Waals surface area contributed by atoms with Crippen LogP contribution in [0.5, 0.6) is 5.75 Å². The van der Waals surface area contributed by atoms with Crippen molar-refractivity contribution in [3.63, 3.8) is 0 Å². The van der Waals surface area contributed by atoms with Crippen LogP contribution in [-0.2, 0) is 22.9 Å². The van der Waals surface area contributed by atoms with Crippen LogP contribution in [0.15, 0.2) is 24.3 Å². The fourth-order valence-electron chi connectivity index (χ4n) is 2.03. The zero-order chi connectivity index (χ0) is 19.4. The van der Waals surface area contributed by atoms with Crippen molar-refractivity contribution in [2.75, 3.05) is 26.4 Å². The van der Waals surface area contributed by atoms with Crippen molar-refractivity contribution in [2.24, 2.45) is 0 Å². The minimum atomic E-state index is -3.49. The van der Waals surface area contributed by atoms with Gasteiger partial charge in [-0.15, -0.1) is 0 Å². The third kappa shape index (κ3) is 8.10. The van der Waals surface area contributed by atoms with E-state index in [2.05, 4.69) is 5.32 Å². The van der Waals surface area contributed by atoms with E-state index in [1.807, 2.05) is 0 Å². The largest absolute Gasteiger partial charge is 0.474 e. The number of para-hydroxylation sites is 1. The standard InChI is InChI=1S/C17H26NO7P/c1-4-22-26(21,23-5-2)24-13-9-8-12-18-17(20)15-10-6-7-11-16(15)25-14(3)19/h6-7,10-11H,4-5,8-9,12-13H2,1-3H3,(H,18,20). The first-order valence-corrected chi connectivity index (χ1v) is 9.97. The van der Waals surface area contributed by atoms with Gasteiger partial charge >= 0.3 is 13.8 Å². The van der Waals surface area contributed by atoms with Gasteiger partial charge in [0, 0.05) is 13.5 Å². The van der Waals surface area contributed by atoms with Crippen LogP contribution in [0.2, 0.25) is 0 Å². The molecule has 0 unspecified atom stereocenters. The van der Waals surface area contributed by atoms with Crippen molar-refractivity contribution in [1.29, 1.82) is 0 Å². The summed E-state index contributed by atoms with van der Waals surface area (Å²) in [5, 5.41) is 2.74. The molecule has 0 heterocycles. The summed E-state index contributed by atoms with van der Waals surface area (Å²) in [5.74, 6) is -0.609. The van der Waals surface area contributed by atoms with Gasteiger partial charge in [-0.2, -0.15) is 0 Å². The third-order valence-electron chi connectivity index (χ3n) is 3.07. The number of carbonyl (C=O) groups is 2. The molecule has 1 rings (SSSR count). The van der Waals surface area contributed by atoms with Crippen LogP contribution in [0.4, 0.5) is 0 Å². The Morgan fingerprint density at radius 2 is 1.69 bits per heavy atom. The van der Waals surface area contributed by atoms with Gasteiger partial charge in [-0.05, 0) is 38.8 Å². The van der Waals surface area contributed by atoms with E-state index in [0.717, 1.165) is 0 Å². The summed E-state index contributed by atoms with van der Waals surface area (Å²) in [4.78, 5) is 23.3. The van der Waals surface area contributed by atoms with Crippen LogP contribution >= 0.6 is 7.82 Å². The van der Waals surface area contributed by atoms with Crippen LogP contribution in [0, 0.1) is 0 Å². The van der Waals surface area contributed by atoms with Gasteiger partial charge in [-0.1, -0.05) is 12.1 Å². The predicted molar refractivity (Wildman–Crippen MR) is 96.1 cm³/mol. The molecule has 1 amide bonds. The number of rotatable bonds is 12. The molecule has 0 spiro atoms. The Kier molecular flexibility index (Phi) is 10.1. The second kappa shape index (κ2) is 11.8. The molecule has 26 heavy (non-hydrogen) atoms. The SMILES string of the molecule is CCOP(=O)(OCC)OCCCCNC(=O)c1ccccc1OC(C)=O. The van der Waals surface area contributed by atoms with E-state index in [1.165, 1.54) is 6.92 Å². The van der Waals surface area contributed by atoms with E-state index >= 15 is 0 Å². The molecule has 0 aliphatic rings. The van der Waals surface area contributed by atoms with E-state index < -0.39 is 13.8 Å². The molecule has 0 aliphatic carbocycles. The Bertz CT molecular complexity index is 625. The van der Waals surface area contributed by atoms with E-state index in [9.17, 15) is 14.2 Å². The van der Waals surface area contributed by atoms with Crippen LogP contribution in [0.3, 0.4) is 0 Å². The maximum atomic E-state index is 12.2. The molecule has 1 aromatic rings. The highest BCUT2D eigenvalue weighted by Crippen LogP contribution is 2.49. The smallest absolute Gasteiger partial charge is 0.426 e. The van der Waals surface area contributed by atoms with Crippen molar-refractivity contribution in [3.05, 3.63) is 29.8 Å². The maximum absolute atomic E-state index is 12.2. The first-order chi connectivity index (χ1) is 12.4. The van der Waals surface area contributed by atoms with Gasteiger partial charge in [0.2, 0.25) is 0 Å². The second-order valence-corrected chi connectivity index (χ2v) is 6.84. The summed E-state index contributed by atoms with van der Waals surface area (Å²) in [7, 11) is -3.49. The number of phosphoric acid groups is 1. The minimum absolute atomic E-state index is 0.192. The molecule has 0 atom stereocenters. The highest BCUT2D eigenvalue weighted by molar-refractivity contribution is 7.48. The molecule has 0 saturated carbocycles. The van der Waals surface area contributed by atoms with Gasteiger partial charge in [0.1, 0.15) is 5.75 Å². The molecule has 9 heteroatoms. The summed E-state index contributed by atoms with van der Waals surface area (Å²) in [5.41, 5.74) is 0.288. The number of amides is 1. The van der Waals surface area contributed by atoms with E-state index in [0.29, 0.717) is 19.4 Å². The summed E-state index contributed by atoms with van der Waals surface area (Å²) in [6, 6.07) is 6.51. The topological polar surface area (TPSA) is 100 Å². The fraction of sp³-hybridized carbons (Fsp3) is 0.529. The highest BCUT2D eigenvalue weighted by atomic mass is 31.2. The zero-order valence-electron chi connectivity index (χ0n) is 15.4. The number of nitrogens with one attached hydrogen (secondary N) is 1. The van der Waals surface area contributed by atoms with E-state index in [4.69, 9.17) is 18.3 Å². The van der Waals surface area contributed by atoms with Crippen molar-refractivity contribution in [3.8, 4) is 5.75 Å². The van der Waals surface area contributed by atoms with Gasteiger partial charge in [0.05, 0.1) is 25.4 Å². The summed E-state index contributed by atoms with van der Waals surface area (Å²) in [6.45, 7) is 5.74. The molecule has 1 aromatic carbocycles. The molecule has 0 bridgehead atoms. The van der Waals surface area contributed by atoms with Crippen LogP contribution in [0.25, 0.3) is 0 Å². The lowest BCUT2D eigenvalue weighted by Gasteiger charge is -2.16. The fourth-order valence-corrected chi connectivity index (χ4v) is 3.24. The molecule has 0 radical (unpaired) electrons. The minimum Gasteiger partial charge on any atom is -0.426 e. The Hall–Kier alpha value is -1.73. The Labute approximate surface area is 153 Å². The van der Waals surface area contributed by atoms with Crippen molar-refractivity contribution >= 4 is 19.7 Å². The first-order valence-electron chi connectivity index (χ1n) is 8.51. The maximum Gasteiger partial charge on any atom is 0.474 e. The number of benzene rings is 1. The predicted octanol–water partition coefficient (Wildman–Crippen LogP) is 3.32. The lowest BCUT2D eigenvalue weighted by molar-refractivity contribution is -0.131. The number of phosphoric ester groups is 1. The number of hydrogen-bond acceptors (Lipinski definition) is 7. The number of carbonyl (C=O) groups excluding carboxylic acids is 2. The van der Waals surface area contributed by atoms with Gasteiger partial charge in [0.15, 0.2) is 0 Å². The highest BCUT2D eigenvalue weighted by Gasteiger charge is 2.24. The molecule has 0 aromatic heterocycles. The van der Waals surface area contributed by atoms with Gasteiger partial charge in [0.25, 0.3) is 5.91 Å². The van der Waals surface area contributed by atoms with Crippen molar-refractivity contribution < 1.29 is 32.5 Å². The first kappa shape index (κ1) is 22.3. The Morgan fingerprint density at radius 3 is 2.31 bits per heavy atom. The van der Waals surface area contributed by atoms with Crippen molar-refractivity contribution in [2.45, 2.75) is 33.6 Å². The van der Waals surface area contributed by atoms with Gasteiger partial charge in [-0.25, -0.2) is 4.57 Å². The molecule has 8 nitrogen and oxygen atoms in total. The molecule has 0 saturated heterocycles. The normalized spacial score (nSPS) is 11.2. The van der Waals surface area contributed by atoms with Crippen LogP contribution < -0.4 is 10.1 Å². The number of hydrogen-bond donors (Lipinski definition) is 1. The molecule has 0 fully saturated rings. The van der Waals surface area contributed by atoms with Crippen molar-refractivity contribution in [1.82, 2.24) is 5.32 Å². The zero-order valence-corrected chi connectivity index (χ0v) is 16.3. The number of unbranched alkanes of at least 4 members (excludes halogenated alkanes) is 1. The summed E-state index contributed by atoms with van der Waals surface area (Å²) in [6.07, 6.45) is 1.18. The Morgan fingerprint density at radius 1 is 1.04 bits per heavy atom. The third-order valence-corrected chi connectivity index (χ3v) is 4.71. The van der Waals surface area contributed by atoms with Crippen LogP contribution in [-0.4, -0.2) is 38.2 Å². The quantitative estimate of drug-likeness (QED) is 0.254. The average molecular weight is 387 g/mol. The second-order valence-electron chi connectivity index (χ2n) is 5.17. The Balaban J connectivity index is 2.37. The van der Waals surface area contributed by atoms with E-state index in [-0.39, 0.29) is 37.0 Å². The summed E-state index contributed by atoms with van der Waals surface area (Å²) < 4.78 is 32.3. The van der Waals surface area contributed by atoms with Crippen LogP contribution in [0.1, 0.15) is 44.0 Å².